The van der Waals surface area contributed by atoms with Crippen molar-refractivity contribution in [3.63, 3.8) is 0 Å². The smallest absolute Gasteiger partial charge is 0.0667 e. The summed E-state index contributed by atoms with van der Waals surface area (Å²) in [6.45, 7) is 0.810. The zero-order chi connectivity index (χ0) is 13.9. The van der Waals surface area contributed by atoms with E-state index in [1.165, 1.54) is 57.8 Å². The average Bonchev–Trinajstić information content (AvgIpc) is 2.89. The molecule has 0 aromatic heterocycles. The summed E-state index contributed by atoms with van der Waals surface area (Å²) in [7, 11) is 2.31. The lowest BCUT2D eigenvalue weighted by Crippen LogP contribution is -2.55. The number of nitrogens with one attached hydrogen (secondary N) is 1. The summed E-state index contributed by atoms with van der Waals surface area (Å²) in [6.07, 6.45) is 13.1. The molecule has 3 nitrogen and oxygen atoms in total. The van der Waals surface area contributed by atoms with E-state index >= 15 is 0 Å². The van der Waals surface area contributed by atoms with Crippen LogP contribution < -0.4 is 5.32 Å². The Morgan fingerprint density at radius 1 is 1.05 bits per heavy atom. The van der Waals surface area contributed by atoms with Crippen molar-refractivity contribution in [2.75, 3.05) is 13.6 Å². The predicted octanol–water partition coefficient (Wildman–Crippen LogP) is 2.53. The van der Waals surface area contributed by atoms with Crippen LogP contribution in [-0.2, 0) is 0 Å². The predicted molar refractivity (Wildman–Crippen MR) is 82.8 cm³/mol. The van der Waals surface area contributed by atoms with Gasteiger partial charge in [-0.25, -0.2) is 0 Å². The fourth-order valence-corrected chi connectivity index (χ4v) is 4.80. The van der Waals surface area contributed by atoms with Gasteiger partial charge in [0.2, 0.25) is 0 Å². The van der Waals surface area contributed by atoms with Gasteiger partial charge in [0, 0.05) is 24.7 Å². The summed E-state index contributed by atoms with van der Waals surface area (Å²) in [5, 5.41) is 13.9. The molecule has 1 saturated carbocycles. The molecule has 3 heteroatoms. The lowest BCUT2D eigenvalue weighted by atomic mass is 9.82. The summed E-state index contributed by atoms with van der Waals surface area (Å²) in [5.74, 6) is 0.795. The van der Waals surface area contributed by atoms with E-state index in [-0.39, 0.29) is 6.10 Å². The quantitative estimate of drug-likeness (QED) is 0.812. The van der Waals surface area contributed by atoms with Crippen molar-refractivity contribution in [3.8, 4) is 0 Å². The lowest BCUT2D eigenvalue weighted by molar-refractivity contribution is 0.0434. The molecule has 2 saturated heterocycles. The van der Waals surface area contributed by atoms with Crippen LogP contribution in [0.5, 0.6) is 0 Å². The number of piperidine rings is 2. The molecule has 3 fully saturated rings. The highest BCUT2D eigenvalue weighted by molar-refractivity contribution is 4.93. The molecule has 2 N–H and O–H groups in total. The van der Waals surface area contributed by atoms with Gasteiger partial charge in [-0.15, -0.1) is 0 Å². The Kier molecular flexibility index (Phi) is 5.00. The standard InChI is InChI=1S/C17H32N2O/c1-19-15-7-4-8-16(19)11-14(10-15)18-12-17(20)9-13-5-2-3-6-13/h13-18,20H,2-12H2,1H3. The van der Waals surface area contributed by atoms with Crippen molar-refractivity contribution in [1.82, 2.24) is 10.2 Å². The molecule has 2 aliphatic heterocycles. The van der Waals surface area contributed by atoms with Crippen molar-refractivity contribution in [2.45, 2.75) is 88.4 Å². The van der Waals surface area contributed by atoms with E-state index < -0.39 is 0 Å². The van der Waals surface area contributed by atoms with Crippen LogP contribution in [0.2, 0.25) is 0 Å². The Labute approximate surface area is 124 Å². The summed E-state index contributed by atoms with van der Waals surface area (Å²) >= 11 is 0. The third kappa shape index (κ3) is 3.55. The SMILES string of the molecule is CN1C2CCCC1CC(NCC(O)CC1CCCC1)C2. The fourth-order valence-electron chi connectivity index (χ4n) is 4.80. The van der Waals surface area contributed by atoms with Crippen molar-refractivity contribution < 1.29 is 5.11 Å². The van der Waals surface area contributed by atoms with Crippen LogP contribution in [0.4, 0.5) is 0 Å². The summed E-state index contributed by atoms with van der Waals surface area (Å²) in [4.78, 5) is 2.61. The zero-order valence-corrected chi connectivity index (χ0v) is 13.1. The number of aliphatic hydroxyl groups is 1. The number of nitrogens with zero attached hydrogens (tertiary/aromatic N) is 1. The number of fused-ring (bicyclic) bond motifs is 2. The molecular formula is C17H32N2O. The molecule has 2 heterocycles. The van der Waals surface area contributed by atoms with E-state index in [0.717, 1.165) is 31.0 Å². The Bertz CT molecular complexity index is 289. The summed E-state index contributed by atoms with van der Waals surface area (Å²) < 4.78 is 0. The fraction of sp³-hybridized carbons (Fsp3) is 1.00. The monoisotopic (exact) mass is 280 g/mol. The molecule has 3 unspecified atom stereocenters. The average molecular weight is 280 g/mol. The molecule has 0 aromatic rings. The van der Waals surface area contributed by atoms with E-state index in [0.29, 0.717) is 6.04 Å². The van der Waals surface area contributed by atoms with Crippen molar-refractivity contribution in [1.29, 1.82) is 0 Å². The van der Waals surface area contributed by atoms with Crippen LogP contribution in [0.25, 0.3) is 0 Å². The number of aliphatic hydroxyl groups excluding tert-OH is 1. The molecular weight excluding hydrogens is 248 g/mol. The first-order valence-corrected chi connectivity index (χ1v) is 8.85. The van der Waals surface area contributed by atoms with Crippen LogP contribution in [0.3, 0.4) is 0 Å². The van der Waals surface area contributed by atoms with Gasteiger partial charge >= 0.3 is 0 Å². The number of hydrogen-bond acceptors (Lipinski definition) is 3. The third-order valence-electron chi connectivity index (χ3n) is 6.06. The van der Waals surface area contributed by atoms with Crippen LogP contribution in [0.15, 0.2) is 0 Å². The largest absolute Gasteiger partial charge is 0.392 e. The molecule has 3 aliphatic rings. The maximum atomic E-state index is 10.2. The molecule has 0 radical (unpaired) electrons. The second kappa shape index (κ2) is 6.76. The van der Waals surface area contributed by atoms with Gasteiger partial charge in [-0.05, 0) is 45.1 Å². The van der Waals surface area contributed by atoms with Crippen molar-refractivity contribution in [3.05, 3.63) is 0 Å². The summed E-state index contributed by atoms with van der Waals surface area (Å²) in [6, 6.07) is 2.21. The highest BCUT2D eigenvalue weighted by Gasteiger charge is 2.35. The highest BCUT2D eigenvalue weighted by Crippen LogP contribution is 2.33. The van der Waals surface area contributed by atoms with Gasteiger partial charge in [0.15, 0.2) is 0 Å². The second-order valence-corrected chi connectivity index (χ2v) is 7.52. The number of rotatable bonds is 5. The minimum absolute atomic E-state index is 0.127. The molecule has 0 spiro atoms. The van der Waals surface area contributed by atoms with E-state index in [1.807, 2.05) is 0 Å². The van der Waals surface area contributed by atoms with Gasteiger partial charge in [-0.1, -0.05) is 32.1 Å². The molecule has 2 bridgehead atoms. The van der Waals surface area contributed by atoms with Crippen LogP contribution in [0.1, 0.15) is 64.2 Å². The maximum absolute atomic E-state index is 10.2. The van der Waals surface area contributed by atoms with Crippen LogP contribution in [0, 0.1) is 5.92 Å². The zero-order valence-electron chi connectivity index (χ0n) is 13.1. The van der Waals surface area contributed by atoms with Gasteiger partial charge in [0.05, 0.1) is 6.10 Å². The third-order valence-corrected chi connectivity index (χ3v) is 6.06. The van der Waals surface area contributed by atoms with Gasteiger partial charge in [0.1, 0.15) is 0 Å². The van der Waals surface area contributed by atoms with Crippen molar-refractivity contribution >= 4 is 0 Å². The van der Waals surface area contributed by atoms with E-state index in [1.54, 1.807) is 0 Å². The molecule has 3 rings (SSSR count). The Hall–Kier alpha value is -0.120. The first kappa shape index (κ1) is 14.8. The Balaban J connectivity index is 1.40. The normalized spacial score (nSPS) is 37.2. The Morgan fingerprint density at radius 2 is 1.70 bits per heavy atom. The minimum atomic E-state index is -0.127. The molecule has 116 valence electrons. The highest BCUT2D eigenvalue weighted by atomic mass is 16.3. The van der Waals surface area contributed by atoms with Gasteiger partial charge in [-0.2, -0.15) is 0 Å². The maximum Gasteiger partial charge on any atom is 0.0667 e. The first-order chi connectivity index (χ1) is 9.72. The van der Waals surface area contributed by atoms with Gasteiger partial charge in [0.25, 0.3) is 0 Å². The van der Waals surface area contributed by atoms with E-state index in [2.05, 4.69) is 17.3 Å². The van der Waals surface area contributed by atoms with Gasteiger partial charge in [-0.3, -0.25) is 0 Å². The van der Waals surface area contributed by atoms with Crippen LogP contribution >= 0.6 is 0 Å². The molecule has 1 aliphatic carbocycles. The second-order valence-electron chi connectivity index (χ2n) is 7.52. The first-order valence-electron chi connectivity index (χ1n) is 8.85. The summed E-state index contributed by atoms with van der Waals surface area (Å²) in [5.41, 5.74) is 0. The number of hydrogen-bond donors (Lipinski definition) is 2. The van der Waals surface area contributed by atoms with E-state index in [9.17, 15) is 5.11 Å². The van der Waals surface area contributed by atoms with Crippen molar-refractivity contribution in [2.24, 2.45) is 5.92 Å². The molecule has 20 heavy (non-hydrogen) atoms. The topological polar surface area (TPSA) is 35.5 Å². The van der Waals surface area contributed by atoms with Crippen LogP contribution in [-0.4, -0.2) is 47.8 Å². The van der Waals surface area contributed by atoms with E-state index in [4.69, 9.17) is 0 Å². The Morgan fingerprint density at radius 3 is 2.35 bits per heavy atom. The molecule has 3 atom stereocenters. The lowest BCUT2D eigenvalue weighted by Gasteiger charge is -2.47. The van der Waals surface area contributed by atoms with Gasteiger partial charge < -0.3 is 15.3 Å². The molecule has 0 aromatic carbocycles. The molecule has 0 amide bonds. The minimum Gasteiger partial charge on any atom is -0.392 e.